The van der Waals surface area contributed by atoms with E-state index in [1.807, 2.05) is 0 Å². The molecule has 3 aliphatic carbocycles. The van der Waals surface area contributed by atoms with Gasteiger partial charge in [0.1, 0.15) is 0 Å². The molecule has 1 amide bonds. The normalized spacial score (nSPS) is 37.1. The smallest absolute Gasteiger partial charge is 0.220 e. The Morgan fingerprint density at radius 3 is 2.59 bits per heavy atom. The lowest BCUT2D eigenvalue weighted by Crippen LogP contribution is -2.48. The second-order valence-electron chi connectivity index (χ2n) is 10.3. The van der Waals surface area contributed by atoms with Crippen molar-refractivity contribution < 1.29 is 9.90 Å². The fraction of sp³-hybridized carbons (Fsp3) is 0.720. The Labute approximate surface area is 175 Å². The lowest BCUT2D eigenvalue weighted by Gasteiger charge is -2.55. The maximum Gasteiger partial charge on any atom is 0.220 e. The Bertz CT molecular complexity index is 685. The van der Waals surface area contributed by atoms with Crippen molar-refractivity contribution in [3.05, 3.63) is 35.9 Å². The number of hydrogen-bond donors (Lipinski definition) is 3. The standard InChI is InChI=1S/C25H38N2O2/c26-21-8-10-22(11-9-21)27-23(29)12-7-19-15-24(18-28)13-4-14-25(16-19,17-24)20-5-2-1-3-6-20/h1-3,5-6,19,21-22,28H,4,7-18,26H2,(H,27,29)/t19?,21-,22-,24?,25?. The van der Waals surface area contributed by atoms with Gasteiger partial charge in [-0.2, -0.15) is 0 Å². The Kier molecular flexibility index (Phi) is 6.31. The number of nitrogens with one attached hydrogen (secondary N) is 1. The SMILES string of the molecule is N[C@H]1CC[C@H](NC(=O)CCC2CC3(CO)CCCC(c4ccccc4)(C2)C3)CC1. The molecule has 3 aliphatic rings. The molecule has 0 spiro atoms. The first kappa shape index (κ1) is 20.9. The fourth-order valence-electron chi connectivity index (χ4n) is 6.74. The summed E-state index contributed by atoms with van der Waals surface area (Å²) in [5, 5.41) is 13.5. The Balaban J connectivity index is 1.39. The van der Waals surface area contributed by atoms with Gasteiger partial charge in [-0.3, -0.25) is 4.79 Å². The van der Waals surface area contributed by atoms with Gasteiger partial charge in [-0.25, -0.2) is 0 Å². The molecule has 29 heavy (non-hydrogen) atoms. The molecule has 2 bridgehead atoms. The van der Waals surface area contributed by atoms with Crippen LogP contribution < -0.4 is 11.1 Å². The van der Waals surface area contributed by atoms with Crippen molar-refractivity contribution in [2.75, 3.05) is 6.61 Å². The third kappa shape index (κ3) is 4.69. The van der Waals surface area contributed by atoms with Crippen LogP contribution in [0.1, 0.15) is 82.6 Å². The van der Waals surface area contributed by atoms with E-state index in [1.165, 1.54) is 18.4 Å². The van der Waals surface area contributed by atoms with Gasteiger partial charge in [0.15, 0.2) is 0 Å². The van der Waals surface area contributed by atoms with Gasteiger partial charge in [-0.15, -0.1) is 0 Å². The summed E-state index contributed by atoms with van der Waals surface area (Å²) in [6.45, 7) is 0.284. The number of benzene rings is 1. The molecular formula is C25H38N2O2. The summed E-state index contributed by atoms with van der Waals surface area (Å²) in [5.74, 6) is 0.718. The predicted molar refractivity (Wildman–Crippen MR) is 116 cm³/mol. The number of amides is 1. The molecule has 3 fully saturated rings. The van der Waals surface area contributed by atoms with E-state index in [0.29, 0.717) is 24.4 Å². The van der Waals surface area contributed by atoms with E-state index in [1.54, 1.807) is 0 Å². The number of fused-ring (bicyclic) bond motifs is 2. The summed E-state index contributed by atoms with van der Waals surface area (Å²) in [5.41, 5.74) is 7.65. The zero-order chi connectivity index (χ0) is 20.3. The van der Waals surface area contributed by atoms with Gasteiger partial charge >= 0.3 is 0 Å². The molecule has 0 aromatic heterocycles. The van der Waals surface area contributed by atoms with E-state index in [4.69, 9.17) is 5.73 Å². The summed E-state index contributed by atoms with van der Waals surface area (Å²) >= 11 is 0. The Morgan fingerprint density at radius 2 is 1.86 bits per heavy atom. The summed E-state index contributed by atoms with van der Waals surface area (Å²) in [7, 11) is 0. The second-order valence-corrected chi connectivity index (χ2v) is 10.3. The lowest BCUT2D eigenvalue weighted by molar-refractivity contribution is -0.122. The average molecular weight is 399 g/mol. The molecule has 3 atom stereocenters. The van der Waals surface area contributed by atoms with Crippen LogP contribution in [0.3, 0.4) is 0 Å². The first-order valence-corrected chi connectivity index (χ1v) is 11.7. The topological polar surface area (TPSA) is 75.3 Å². The monoisotopic (exact) mass is 398 g/mol. The molecule has 1 aromatic carbocycles. The molecule has 4 nitrogen and oxygen atoms in total. The van der Waals surface area contributed by atoms with Crippen molar-refractivity contribution in [2.45, 2.75) is 94.5 Å². The Morgan fingerprint density at radius 1 is 1.10 bits per heavy atom. The van der Waals surface area contributed by atoms with Gasteiger partial charge in [0, 0.05) is 25.1 Å². The van der Waals surface area contributed by atoms with Crippen molar-refractivity contribution in [3.8, 4) is 0 Å². The van der Waals surface area contributed by atoms with Crippen LogP contribution in [-0.2, 0) is 10.2 Å². The van der Waals surface area contributed by atoms with Crippen molar-refractivity contribution in [1.82, 2.24) is 5.32 Å². The first-order chi connectivity index (χ1) is 14.0. The quantitative estimate of drug-likeness (QED) is 0.676. The van der Waals surface area contributed by atoms with Crippen molar-refractivity contribution in [2.24, 2.45) is 17.1 Å². The van der Waals surface area contributed by atoms with Crippen LogP contribution in [0.5, 0.6) is 0 Å². The fourth-order valence-corrected chi connectivity index (χ4v) is 6.74. The summed E-state index contributed by atoms with van der Waals surface area (Å²) in [6.07, 6.45) is 12.5. The van der Waals surface area contributed by atoms with E-state index in [2.05, 4.69) is 35.6 Å². The minimum absolute atomic E-state index is 0.0486. The van der Waals surface area contributed by atoms with Gasteiger partial charge in [0.2, 0.25) is 5.91 Å². The van der Waals surface area contributed by atoms with Gasteiger partial charge in [0.25, 0.3) is 0 Å². The zero-order valence-electron chi connectivity index (χ0n) is 17.7. The van der Waals surface area contributed by atoms with E-state index in [-0.39, 0.29) is 23.3 Å². The largest absolute Gasteiger partial charge is 0.396 e. The average Bonchev–Trinajstić information content (AvgIpc) is 2.74. The van der Waals surface area contributed by atoms with E-state index in [9.17, 15) is 9.90 Å². The van der Waals surface area contributed by atoms with Crippen LogP contribution in [0.25, 0.3) is 0 Å². The molecule has 4 N–H and O–H groups in total. The highest BCUT2D eigenvalue weighted by atomic mass is 16.3. The molecule has 0 saturated heterocycles. The maximum atomic E-state index is 12.6. The number of aliphatic hydroxyl groups excluding tert-OH is 1. The van der Waals surface area contributed by atoms with Crippen LogP contribution in [0.4, 0.5) is 0 Å². The molecule has 3 saturated carbocycles. The molecular weight excluding hydrogens is 360 g/mol. The predicted octanol–water partition coefficient (Wildman–Crippen LogP) is 4.05. The number of nitrogens with two attached hydrogens (primary N) is 1. The molecule has 3 unspecified atom stereocenters. The number of carbonyl (C=O) groups is 1. The maximum absolute atomic E-state index is 12.6. The highest BCUT2D eigenvalue weighted by Crippen LogP contribution is 2.58. The van der Waals surface area contributed by atoms with Crippen molar-refractivity contribution in [1.29, 1.82) is 0 Å². The minimum Gasteiger partial charge on any atom is -0.396 e. The molecule has 0 radical (unpaired) electrons. The van der Waals surface area contributed by atoms with Crippen LogP contribution in [0.2, 0.25) is 0 Å². The minimum atomic E-state index is 0.0486. The van der Waals surface area contributed by atoms with Crippen molar-refractivity contribution >= 4 is 5.91 Å². The molecule has 4 rings (SSSR count). The first-order valence-electron chi connectivity index (χ1n) is 11.7. The summed E-state index contributed by atoms with van der Waals surface area (Å²) in [6, 6.07) is 11.6. The summed E-state index contributed by atoms with van der Waals surface area (Å²) < 4.78 is 0. The van der Waals surface area contributed by atoms with Crippen LogP contribution >= 0.6 is 0 Å². The number of hydrogen-bond acceptors (Lipinski definition) is 3. The van der Waals surface area contributed by atoms with Crippen LogP contribution in [0.15, 0.2) is 30.3 Å². The van der Waals surface area contributed by atoms with Crippen LogP contribution in [0, 0.1) is 11.3 Å². The van der Waals surface area contributed by atoms with Crippen LogP contribution in [-0.4, -0.2) is 29.7 Å². The third-order valence-electron chi connectivity index (χ3n) is 8.12. The van der Waals surface area contributed by atoms with Gasteiger partial charge in [0.05, 0.1) is 0 Å². The molecule has 4 heteroatoms. The molecule has 160 valence electrons. The number of rotatable bonds is 6. The summed E-state index contributed by atoms with van der Waals surface area (Å²) in [4.78, 5) is 12.6. The highest BCUT2D eigenvalue weighted by Gasteiger charge is 2.51. The van der Waals surface area contributed by atoms with E-state index < -0.39 is 0 Å². The Hall–Kier alpha value is -1.39. The van der Waals surface area contributed by atoms with Gasteiger partial charge < -0.3 is 16.2 Å². The third-order valence-corrected chi connectivity index (χ3v) is 8.12. The molecule has 0 aliphatic heterocycles. The molecule has 0 heterocycles. The van der Waals surface area contributed by atoms with Gasteiger partial charge in [-0.1, -0.05) is 36.8 Å². The number of aliphatic hydroxyl groups is 1. The highest BCUT2D eigenvalue weighted by molar-refractivity contribution is 5.76. The van der Waals surface area contributed by atoms with E-state index in [0.717, 1.165) is 57.8 Å². The van der Waals surface area contributed by atoms with Crippen molar-refractivity contribution in [3.63, 3.8) is 0 Å². The lowest BCUT2D eigenvalue weighted by atomic mass is 9.50. The number of carbonyl (C=O) groups excluding carboxylic acids is 1. The molecule has 1 aromatic rings. The second kappa shape index (κ2) is 8.77. The van der Waals surface area contributed by atoms with Gasteiger partial charge in [-0.05, 0) is 86.5 Å². The van der Waals surface area contributed by atoms with E-state index >= 15 is 0 Å². The zero-order valence-corrected chi connectivity index (χ0v) is 17.7.